The van der Waals surface area contributed by atoms with Crippen molar-refractivity contribution in [1.29, 1.82) is 0 Å². The van der Waals surface area contributed by atoms with E-state index in [1.165, 1.54) is 28.7 Å². The average molecular weight is 325 g/mol. The Balaban J connectivity index is 2.11. The number of hydrogen-bond donors (Lipinski definition) is 1. The number of carbonyl (C=O) groups is 1. The Morgan fingerprint density at radius 1 is 1.29 bits per heavy atom. The second-order valence-corrected chi connectivity index (χ2v) is 4.95. The number of rotatable bonds is 4. The molecule has 120 valence electrons. The second-order valence-electron chi connectivity index (χ2n) is 4.95. The molecule has 9 nitrogen and oxygen atoms in total. The number of aromatic carboxylic acids is 1. The van der Waals surface area contributed by atoms with Crippen LogP contribution in [-0.4, -0.2) is 25.4 Å². The van der Waals surface area contributed by atoms with Crippen LogP contribution in [0.3, 0.4) is 0 Å². The molecule has 1 aromatic carbocycles. The molecule has 0 unspecified atom stereocenters. The summed E-state index contributed by atoms with van der Waals surface area (Å²) in [5, 5.41) is 27.9. The fourth-order valence-electron chi connectivity index (χ4n) is 2.20. The largest absolute Gasteiger partial charge is 0.476 e. The van der Waals surface area contributed by atoms with Crippen LogP contribution in [0.1, 0.15) is 16.1 Å². The molecular weight excluding hydrogens is 314 g/mol. The highest BCUT2D eigenvalue weighted by molar-refractivity contribution is 5.92. The van der Waals surface area contributed by atoms with Gasteiger partial charge in [0.2, 0.25) is 0 Å². The van der Waals surface area contributed by atoms with Crippen LogP contribution < -0.4 is 0 Å². The lowest BCUT2D eigenvalue weighted by atomic mass is 10.3. The number of azo groups is 1. The van der Waals surface area contributed by atoms with Crippen LogP contribution in [0, 0.1) is 17.0 Å². The first kappa shape index (κ1) is 15.3. The first-order valence-corrected chi connectivity index (χ1v) is 6.84. The zero-order valence-corrected chi connectivity index (χ0v) is 12.4. The van der Waals surface area contributed by atoms with E-state index in [0.29, 0.717) is 5.65 Å². The first-order chi connectivity index (χ1) is 11.5. The Kier molecular flexibility index (Phi) is 3.74. The van der Waals surface area contributed by atoms with Crippen LogP contribution >= 0.6 is 0 Å². The quantitative estimate of drug-likeness (QED) is 0.445. The SMILES string of the molecule is Cc1cccn2c(N=Nc3cccc([N+](=O)[O-])c3)c(C(=O)O)nc12. The Hall–Kier alpha value is -3.62. The zero-order valence-electron chi connectivity index (χ0n) is 12.4. The number of fused-ring (bicyclic) bond motifs is 1. The molecule has 2 aromatic heterocycles. The second kappa shape index (κ2) is 5.88. The van der Waals surface area contributed by atoms with E-state index in [1.54, 1.807) is 25.3 Å². The van der Waals surface area contributed by atoms with Gasteiger partial charge in [-0.15, -0.1) is 10.2 Å². The number of carboxylic acids is 1. The van der Waals surface area contributed by atoms with Gasteiger partial charge in [0.05, 0.1) is 10.6 Å². The van der Waals surface area contributed by atoms with E-state index >= 15 is 0 Å². The number of benzene rings is 1. The lowest BCUT2D eigenvalue weighted by molar-refractivity contribution is -0.384. The van der Waals surface area contributed by atoms with Gasteiger partial charge in [0.15, 0.2) is 11.5 Å². The molecular formula is C15H11N5O4. The number of non-ortho nitro benzene ring substituents is 1. The van der Waals surface area contributed by atoms with E-state index in [4.69, 9.17) is 0 Å². The van der Waals surface area contributed by atoms with Gasteiger partial charge in [-0.3, -0.25) is 14.5 Å². The zero-order chi connectivity index (χ0) is 17.3. The molecule has 0 radical (unpaired) electrons. The number of carboxylic acid groups (broad SMARTS) is 1. The number of aromatic nitrogens is 2. The Morgan fingerprint density at radius 2 is 2.08 bits per heavy atom. The summed E-state index contributed by atoms with van der Waals surface area (Å²) >= 11 is 0. The molecule has 3 rings (SSSR count). The molecule has 1 N–H and O–H groups in total. The van der Waals surface area contributed by atoms with Crippen LogP contribution in [0.15, 0.2) is 52.8 Å². The molecule has 0 bridgehead atoms. The lowest BCUT2D eigenvalue weighted by Gasteiger charge is -1.98. The first-order valence-electron chi connectivity index (χ1n) is 6.84. The van der Waals surface area contributed by atoms with Crippen molar-refractivity contribution in [3.05, 3.63) is 64.0 Å². The summed E-state index contributed by atoms with van der Waals surface area (Å²) in [7, 11) is 0. The number of nitrogens with zero attached hydrogens (tertiary/aromatic N) is 5. The van der Waals surface area contributed by atoms with E-state index in [0.717, 1.165) is 5.56 Å². The molecule has 0 fully saturated rings. The number of imidazole rings is 1. The van der Waals surface area contributed by atoms with Crippen molar-refractivity contribution < 1.29 is 14.8 Å². The Morgan fingerprint density at radius 3 is 2.79 bits per heavy atom. The van der Waals surface area contributed by atoms with E-state index in [2.05, 4.69) is 15.2 Å². The topological polar surface area (TPSA) is 122 Å². The highest BCUT2D eigenvalue weighted by Gasteiger charge is 2.19. The smallest absolute Gasteiger partial charge is 0.358 e. The highest BCUT2D eigenvalue weighted by atomic mass is 16.6. The number of pyridine rings is 1. The number of hydrogen-bond acceptors (Lipinski definition) is 6. The van der Waals surface area contributed by atoms with Gasteiger partial charge in [-0.25, -0.2) is 9.78 Å². The summed E-state index contributed by atoms with van der Waals surface area (Å²) in [6.45, 7) is 1.80. The van der Waals surface area contributed by atoms with Crippen molar-refractivity contribution in [3.8, 4) is 0 Å². The van der Waals surface area contributed by atoms with Gasteiger partial charge in [-0.2, -0.15) is 0 Å². The summed E-state index contributed by atoms with van der Waals surface area (Å²) in [4.78, 5) is 25.7. The van der Waals surface area contributed by atoms with Crippen LogP contribution in [0.4, 0.5) is 17.2 Å². The van der Waals surface area contributed by atoms with Crippen molar-refractivity contribution >= 4 is 28.8 Å². The highest BCUT2D eigenvalue weighted by Crippen LogP contribution is 2.27. The van der Waals surface area contributed by atoms with Gasteiger partial charge in [0.25, 0.3) is 5.69 Å². The Labute approximate surface area is 135 Å². The summed E-state index contributed by atoms with van der Waals surface area (Å²) < 4.78 is 1.51. The maximum atomic E-state index is 11.4. The van der Waals surface area contributed by atoms with E-state index in [1.807, 2.05) is 0 Å². The fraction of sp³-hybridized carbons (Fsp3) is 0.0667. The maximum Gasteiger partial charge on any atom is 0.358 e. The maximum absolute atomic E-state index is 11.4. The van der Waals surface area contributed by atoms with E-state index in [9.17, 15) is 20.0 Å². The summed E-state index contributed by atoms with van der Waals surface area (Å²) in [5.74, 6) is -1.18. The summed E-state index contributed by atoms with van der Waals surface area (Å²) in [6.07, 6.45) is 1.63. The molecule has 0 saturated heterocycles. The summed E-state index contributed by atoms with van der Waals surface area (Å²) in [5.41, 5.74) is 1.13. The molecule has 24 heavy (non-hydrogen) atoms. The molecule has 0 saturated carbocycles. The monoisotopic (exact) mass is 325 g/mol. The van der Waals surface area contributed by atoms with Crippen molar-refractivity contribution in [2.24, 2.45) is 10.2 Å². The normalized spacial score (nSPS) is 11.2. The van der Waals surface area contributed by atoms with Gasteiger partial charge in [0, 0.05) is 18.3 Å². The predicted molar refractivity (Wildman–Crippen MR) is 84.2 cm³/mol. The van der Waals surface area contributed by atoms with Gasteiger partial charge < -0.3 is 5.11 Å². The molecule has 0 atom stereocenters. The molecule has 3 aromatic rings. The van der Waals surface area contributed by atoms with Gasteiger partial charge in [-0.1, -0.05) is 12.1 Å². The lowest BCUT2D eigenvalue weighted by Crippen LogP contribution is -1.96. The summed E-state index contributed by atoms with van der Waals surface area (Å²) in [6, 6.07) is 9.13. The molecule has 0 spiro atoms. The van der Waals surface area contributed by atoms with Gasteiger partial charge >= 0.3 is 5.97 Å². The van der Waals surface area contributed by atoms with E-state index in [-0.39, 0.29) is 22.9 Å². The van der Waals surface area contributed by atoms with Crippen molar-refractivity contribution in [2.45, 2.75) is 6.92 Å². The molecule has 9 heteroatoms. The van der Waals surface area contributed by atoms with Crippen molar-refractivity contribution in [3.63, 3.8) is 0 Å². The Bertz CT molecular complexity index is 993. The van der Waals surface area contributed by atoms with Crippen LogP contribution in [0.5, 0.6) is 0 Å². The third-order valence-electron chi connectivity index (χ3n) is 3.32. The van der Waals surface area contributed by atoms with Crippen LogP contribution in [0.25, 0.3) is 5.65 Å². The van der Waals surface area contributed by atoms with Crippen LogP contribution in [-0.2, 0) is 0 Å². The minimum Gasteiger partial charge on any atom is -0.476 e. The number of nitro benzene ring substituents is 1. The standard InChI is InChI=1S/C15H11N5O4/c1-9-4-3-7-19-13(9)16-12(15(21)22)14(19)18-17-10-5-2-6-11(8-10)20(23)24/h2-8H,1H3,(H,21,22). The van der Waals surface area contributed by atoms with Crippen molar-refractivity contribution in [1.82, 2.24) is 9.38 Å². The number of aryl methyl sites for hydroxylation is 1. The van der Waals surface area contributed by atoms with Crippen LogP contribution in [0.2, 0.25) is 0 Å². The third kappa shape index (κ3) is 2.70. The third-order valence-corrected chi connectivity index (χ3v) is 3.32. The molecule has 0 aliphatic rings. The minimum absolute atomic E-state index is 0.0488. The predicted octanol–water partition coefficient (Wildman–Crippen LogP) is 3.66. The average Bonchev–Trinajstić information content (AvgIpc) is 2.93. The molecule has 0 aliphatic carbocycles. The minimum atomic E-state index is -1.23. The van der Waals surface area contributed by atoms with Crippen molar-refractivity contribution in [2.75, 3.05) is 0 Å². The number of nitro groups is 1. The molecule has 0 aliphatic heterocycles. The van der Waals surface area contributed by atoms with E-state index < -0.39 is 10.9 Å². The fourth-order valence-corrected chi connectivity index (χ4v) is 2.20. The van der Waals surface area contributed by atoms with Gasteiger partial charge in [-0.05, 0) is 24.6 Å². The molecule has 2 heterocycles. The van der Waals surface area contributed by atoms with Gasteiger partial charge in [0.1, 0.15) is 5.65 Å². The molecule has 0 amide bonds.